The monoisotopic (exact) mass is 185 g/mol. The first kappa shape index (κ1) is 9.76. The van der Waals surface area contributed by atoms with Gasteiger partial charge in [0.05, 0.1) is 0 Å². The third-order valence-corrected chi connectivity index (χ3v) is 1.67. The summed E-state index contributed by atoms with van der Waals surface area (Å²) >= 11 is 0. The van der Waals surface area contributed by atoms with Crippen LogP contribution in [0.25, 0.3) is 0 Å². The van der Waals surface area contributed by atoms with Crippen molar-refractivity contribution in [3.05, 3.63) is 41.9 Å². The molecule has 4 heteroatoms. The molecule has 2 N–H and O–H groups in total. The van der Waals surface area contributed by atoms with E-state index in [0.29, 0.717) is 6.54 Å². The van der Waals surface area contributed by atoms with E-state index in [1.54, 1.807) is 16.7 Å². The van der Waals surface area contributed by atoms with Gasteiger partial charge in [-0.15, -0.1) is 0 Å². The number of rotatable bonds is 2. The first-order valence-electron chi connectivity index (χ1n) is 4.01. The number of nitriles is 2. The van der Waals surface area contributed by atoms with Crippen LogP contribution in [0.4, 0.5) is 0 Å². The Balaban J connectivity index is 2.87. The van der Waals surface area contributed by atoms with Gasteiger partial charge in [-0.2, -0.15) is 15.1 Å². The first-order valence-corrected chi connectivity index (χ1v) is 4.01. The highest BCUT2D eigenvalue weighted by Gasteiger charge is 2.06. The van der Waals surface area contributed by atoms with Crippen molar-refractivity contribution in [1.82, 2.24) is 0 Å². The minimum atomic E-state index is -0.0265. The molecule has 1 aromatic rings. The Bertz CT molecular complexity index is 404. The van der Waals surface area contributed by atoms with Crippen molar-refractivity contribution in [2.75, 3.05) is 0 Å². The summed E-state index contributed by atoms with van der Waals surface area (Å²) in [6.45, 7) is 0.358. The molecule has 0 radical (unpaired) electrons. The quantitative estimate of drug-likeness (QED) is 0.529. The van der Waals surface area contributed by atoms with Crippen LogP contribution in [0.15, 0.2) is 41.9 Å². The molecular formula is C10H9N4+. The number of pyridine rings is 1. The molecule has 0 saturated carbocycles. The molecule has 0 saturated heterocycles. The molecule has 0 aliphatic carbocycles. The minimum Gasteiger partial charge on any atom is -0.395 e. The van der Waals surface area contributed by atoms with E-state index in [1.807, 2.05) is 30.6 Å². The smallest absolute Gasteiger partial charge is 0.189 e. The molecule has 0 aromatic carbocycles. The van der Waals surface area contributed by atoms with Crippen LogP contribution in [-0.4, -0.2) is 0 Å². The lowest BCUT2D eigenvalue weighted by Gasteiger charge is -1.96. The largest absolute Gasteiger partial charge is 0.395 e. The Labute approximate surface area is 82.1 Å². The topological polar surface area (TPSA) is 77.5 Å². The van der Waals surface area contributed by atoms with E-state index >= 15 is 0 Å². The maximum atomic E-state index is 8.55. The number of hydrogen-bond donors (Lipinski definition) is 1. The van der Waals surface area contributed by atoms with Gasteiger partial charge in [0, 0.05) is 12.1 Å². The molecule has 1 aromatic heterocycles. The Morgan fingerprint density at radius 2 is 1.71 bits per heavy atom. The van der Waals surface area contributed by atoms with Crippen LogP contribution in [0.1, 0.15) is 0 Å². The Morgan fingerprint density at radius 3 is 2.21 bits per heavy atom. The average molecular weight is 185 g/mol. The Kier molecular flexibility index (Phi) is 3.23. The molecule has 68 valence electrons. The molecule has 0 aliphatic rings. The molecule has 0 atom stereocenters. The Morgan fingerprint density at radius 1 is 1.14 bits per heavy atom. The van der Waals surface area contributed by atoms with Gasteiger partial charge in [-0.1, -0.05) is 6.07 Å². The lowest BCUT2D eigenvalue weighted by Crippen LogP contribution is -2.35. The van der Waals surface area contributed by atoms with Crippen LogP contribution in [0.5, 0.6) is 0 Å². The summed E-state index contributed by atoms with van der Waals surface area (Å²) in [6, 6.07) is 9.09. The average Bonchev–Trinajstić information content (AvgIpc) is 2.21. The third-order valence-electron chi connectivity index (χ3n) is 1.67. The fourth-order valence-corrected chi connectivity index (χ4v) is 0.984. The molecule has 0 spiro atoms. The van der Waals surface area contributed by atoms with Crippen molar-refractivity contribution in [2.24, 2.45) is 5.73 Å². The predicted octanol–water partition coefficient (Wildman–Crippen LogP) is 0.234. The van der Waals surface area contributed by atoms with Crippen LogP contribution in [-0.2, 0) is 6.54 Å². The second-order valence-corrected chi connectivity index (χ2v) is 2.67. The normalized spacial score (nSPS) is 8.43. The van der Waals surface area contributed by atoms with Gasteiger partial charge in [-0.3, -0.25) is 0 Å². The summed E-state index contributed by atoms with van der Waals surface area (Å²) in [7, 11) is 0. The van der Waals surface area contributed by atoms with Crippen molar-refractivity contribution in [1.29, 1.82) is 10.5 Å². The number of aromatic nitrogens is 1. The van der Waals surface area contributed by atoms with Crippen LogP contribution in [0.2, 0.25) is 0 Å². The van der Waals surface area contributed by atoms with E-state index in [4.69, 9.17) is 16.3 Å². The van der Waals surface area contributed by atoms with E-state index in [-0.39, 0.29) is 11.3 Å². The lowest BCUT2D eigenvalue weighted by molar-refractivity contribution is -0.689. The number of nitrogens with two attached hydrogens (primary N) is 1. The molecule has 1 rings (SSSR count). The molecular weight excluding hydrogens is 176 g/mol. The summed E-state index contributed by atoms with van der Waals surface area (Å²) in [6.07, 6.45) is 3.64. The summed E-state index contributed by atoms with van der Waals surface area (Å²) < 4.78 is 1.80. The molecule has 0 bridgehead atoms. The fourth-order valence-electron chi connectivity index (χ4n) is 0.984. The van der Waals surface area contributed by atoms with Crippen LogP contribution < -0.4 is 10.3 Å². The standard InChI is InChI=1S/C10H9N4/c11-6-9(7-12)10(13)8-14-4-2-1-3-5-14/h1-5H,8,13H2/q+1. The molecule has 0 fully saturated rings. The van der Waals surface area contributed by atoms with Crippen molar-refractivity contribution in [3.8, 4) is 12.1 Å². The van der Waals surface area contributed by atoms with E-state index in [0.717, 1.165) is 0 Å². The highest BCUT2D eigenvalue weighted by atomic mass is 14.9. The molecule has 1 heterocycles. The zero-order valence-corrected chi connectivity index (χ0v) is 7.51. The minimum absolute atomic E-state index is 0.0265. The highest BCUT2D eigenvalue weighted by Crippen LogP contribution is 1.95. The zero-order chi connectivity index (χ0) is 10.4. The summed E-state index contributed by atoms with van der Waals surface area (Å²) in [4.78, 5) is 0. The SMILES string of the molecule is N#CC(C#N)=C(N)C[n+]1ccccc1. The highest BCUT2D eigenvalue weighted by molar-refractivity contribution is 5.38. The van der Waals surface area contributed by atoms with Gasteiger partial charge in [0.15, 0.2) is 24.5 Å². The maximum absolute atomic E-state index is 8.55. The number of allylic oxidation sites excluding steroid dienone is 2. The fraction of sp³-hybridized carbons (Fsp3) is 0.100. The summed E-state index contributed by atoms with van der Waals surface area (Å²) in [5.74, 6) is 0. The summed E-state index contributed by atoms with van der Waals surface area (Å²) in [5.41, 5.74) is 5.84. The molecule has 0 unspecified atom stereocenters. The third kappa shape index (κ3) is 2.33. The van der Waals surface area contributed by atoms with Crippen molar-refractivity contribution in [3.63, 3.8) is 0 Å². The maximum Gasteiger partial charge on any atom is 0.189 e. The van der Waals surface area contributed by atoms with E-state index in [2.05, 4.69) is 0 Å². The van der Waals surface area contributed by atoms with Gasteiger partial charge in [0.25, 0.3) is 0 Å². The van der Waals surface area contributed by atoms with Gasteiger partial charge in [-0.05, 0) is 0 Å². The first-order chi connectivity index (χ1) is 6.77. The molecule has 0 aliphatic heterocycles. The van der Waals surface area contributed by atoms with Crippen molar-refractivity contribution < 1.29 is 4.57 Å². The zero-order valence-electron chi connectivity index (χ0n) is 7.51. The summed E-state index contributed by atoms with van der Waals surface area (Å²) in [5, 5.41) is 17.1. The van der Waals surface area contributed by atoms with Crippen LogP contribution in [0.3, 0.4) is 0 Å². The lowest BCUT2D eigenvalue weighted by atomic mass is 10.2. The van der Waals surface area contributed by atoms with Crippen molar-refractivity contribution >= 4 is 0 Å². The van der Waals surface area contributed by atoms with Gasteiger partial charge in [-0.25, -0.2) is 0 Å². The van der Waals surface area contributed by atoms with Gasteiger partial charge < -0.3 is 5.73 Å². The van der Waals surface area contributed by atoms with Gasteiger partial charge >= 0.3 is 0 Å². The van der Waals surface area contributed by atoms with E-state index < -0.39 is 0 Å². The van der Waals surface area contributed by atoms with E-state index in [9.17, 15) is 0 Å². The van der Waals surface area contributed by atoms with E-state index in [1.165, 1.54) is 0 Å². The number of hydrogen-bond acceptors (Lipinski definition) is 3. The van der Waals surface area contributed by atoms with Crippen molar-refractivity contribution in [2.45, 2.75) is 6.54 Å². The van der Waals surface area contributed by atoms with Crippen LogP contribution in [0, 0.1) is 22.7 Å². The molecule has 0 amide bonds. The predicted molar refractivity (Wildman–Crippen MR) is 49.1 cm³/mol. The molecule has 4 nitrogen and oxygen atoms in total. The second kappa shape index (κ2) is 4.64. The van der Waals surface area contributed by atoms with Gasteiger partial charge in [0.2, 0.25) is 0 Å². The molecule has 14 heavy (non-hydrogen) atoms. The van der Waals surface area contributed by atoms with Crippen LogP contribution >= 0.6 is 0 Å². The second-order valence-electron chi connectivity index (χ2n) is 2.67. The number of nitrogens with zero attached hydrogens (tertiary/aromatic N) is 3. The van der Waals surface area contributed by atoms with Gasteiger partial charge in [0.1, 0.15) is 17.8 Å². The Hall–Kier alpha value is -2.33.